The lowest BCUT2D eigenvalue weighted by Gasteiger charge is -2.36. The van der Waals surface area contributed by atoms with Gasteiger partial charge >= 0.3 is 0 Å². The van der Waals surface area contributed by atoms with Gasteiger partial charge in [0.1, 0.15) is 5.76 Å². The van der Waals surface area contributed by atoms with E-state index in [1.54, 1.807) is 6.26 Å². The molecule has 1 aromatic carbocycles. The molecule has 0 aliphatic carbocycles. The summed E-state index contributed by atoms with van der Waals surface area (Å²) in [6.07, 6.45) is 3.91. The number of hydrogen-bond donors (Lipinski definition) is 1. The molecule has 1 aromatic heterocycles. The number of ether oxygens (including phenoxy) is 1. The van der Waals surface area contributed by atoms with E-state index < -0.39 is 0 Å². The van der Waals surface area contributed by atoms with E-state index in [9.17, 15) is 0 Å². The Hall–Kier alpha value is -1.23. The van der Waals surface area contributed by atoms with E-state index in [1.807, 2.05) is 23.9 Å². The summed E-state index contributed by atoms with van der Waals surface area (Å²) in [4.78, 5) is 0. The van der Waals surface area contributed by atoms with Crippen LogP contribution in [0.3, 0.4) is 0 Å². The third-order valence-corrected chi connectivity index (χ3v) is 5.69. The molecule has 130 valence electrons. The zero-order chi connectivity index (χ0) is 16.8. The van der Waals surface area contributed by atoms with Crippen molar-refractivity contribution in [1.29, 1.82) is 0 Å². The Kier molecular flexibility index (Phi) is 6.04. The fourth-order valence-corrected chi connectivity index (χ4v) is 4.10. The molecule has 0 amide bonds. The molecule has 0 spiro atoms. The number of furan rings is 1. The quantitative estimate of drug-likeness (QED) is 0.756. The van der Waals surface area contributed by atoms with Crippen molar-refractivity contribution in [3.63, 3.8) is 0 Å². The first kappa shape index (κ1) is 17.6. The minimum atomic E-state index is -0.196. The number of fused-ring (bicyclic) bond motifs is 1. The molecule has 1 aliphatic rings. The lowest BCUT2D eigenvalue weighted by Crippen LogP contribution is -2.34. The van der Waals surface area contributed by atoms with Crippen molar-refractivity contribution in [2.45, 2.75) is 44.1 Å². The lowest BCUT2D eigenvalue weighted by atomic mass is 9.84. The molecule has 2 heterocycles. The maximum Gasteiger partial charge on any atom is 0.113 e. The van der Waals surface area contributed by atoms with E-state index in [-0.39, 0.29) is 5.60 Å². The zero-order valence-corrected chi connectivity index (χ0v) is 15.4. The minimum Gasteiger partial charge on any atom is -0.468 e. The summed E-state index contributed by atoms with van der Waals surface area (Å²) in [6.45, 7) is 6.30. The number of rotatable bonds is 6. The minimum absolute atomic E-state index is 0.196. The smallest absolute Gasteiger partial charge is 0.113 e. The Bertz CT molecular complexity index is 628. The fraction of sp³-hybridized carbons (Fsp3) is 0.500. The summed E-state index contributed by atoms with van der Waals surface area (Å²) >= 11 is 1.86. The highest BCUT2D eigenvalue weighted by molar-refractivity contribution is 7.98. The van der Waals surface area contributed by atoms with Crippen LogP contribution in [0.5, 0.6) is 0 Å². The van der Waals surface area contributed by atoms with Gasteiger partial charge in [-0.25, -0.2) is 0 Å². The maximum atomic E-state index is 6.42. The molecule has 0 saturated carbocycles. The van der Waals surface area contributed by atoms with Crippen LogP contribution in [0.4, 0.5) is 0 Å². The van der Waals surface area contributed by atoms with Crippen molar-refractivity contribution in [2.75, 3.05) is 18.9 Å². The third kappa shape index (κ3) is 4.24. The van der Waals surface area contributed by atoms with E-state index in [0.29, 0.717) is 6.04 Å². The largest absolute Gasteiger partial charge is 0.468 e. The number of hydrogen-bond acceptors (Lipinski definition) is 4. The van der Waals surface area contributed by atoms with Gasteiger partial charge in [-0.1, -0.05) is 24.3 Å². The maximum absolute atomic E-state index is 6.42. The Morgan fingerprint density at radius 1 is 1.29 bits per heavy atom. The van der Waals surface area contributed by atoms with E-state index in [1.165, 1.54) is 11.1 Å². The lowest BCUT2D eigenvalue weighted by molar-refractivity contribution is -0.0379. The summed E-state index contributed by atoms with van der Waals surface area (Å²) in [5, 5.41) is 3.60. The van der Waals surface area contributed by atoms with E-state index in [4.69, 9.17) is 9.15 Å². The molecule has 3 nitrogen and oxygen atoms in total. The van der Waals surface area contributed by atoms with Gasteiger partial charge in [0.05, 0.1) is 24.2 Å². The van der Waals surface area contributed by atoms with E-state index in [2.05, 4.69) is 43.4 Å². The van der Waals surface area contributed by atoms with Crippen molar-refractivity contribution in [1.82, 2.24) is 5.32 Å². The second-order valence-corrected chi connectivity index (χ2v) is 7.68. The average Bonchev–Trinajstić information content (AvgIpc) is 3.11. The van der Waals surface area contributed by atoms with Gasteiger partial charge in [0, 0.05) is 11.8 Å². The summed E-state index contributed by atoms with van der Waals surface area (Å²) in [5.41, 5.74) is 2.50. The molecular weight excluding hydrogens is 318 g/mol. The van der Waals surface area contributed by atoms with Crippen LogP contribution < -0.4 is 5.32 Å². The van der Waals surface area contributed by atoms with Gasteiger partial charge in [0.2, 0.25) is 0 Å². The molecule has 3 rings (SSSR count). The van der Waals surface area contributed by atoms with Crippen LogP contribution in [0.25, 0.3) is 0 Å². The van der Waals surface area contributed by atoms with Crippen LogP contribution in [-0.4, -0.2) is 18.9 Å². The molecule has 24 heavy (non-hydrogen) atoms. The summed E-state index contributed by atoms with van der Waals surface area (Å²) in [6, 6.07) is 13.0. The summed E-state index contributed by atoms with van der Waals surface area (Å²) in [5.74, 6) is 2.92. The molecule has 2 unspecified atom stereocenters. The second-order valence-electron chi connectivity index (χ2n) is 6.58. The number of thioether (sulfide) groups is 1. The first-order chi connectivity index (χ1) is 11.7. The Labute approximate surface area is 149 Å². The van der Waals surface area contributed by atoms with E-state index in [0.717, 1.165) is 43.3 Å². The molecule has 0 fully saturated rings. The van der Waals surface area contributed by atoms with Gasteiger partial charge in [0.15, 0.2) is 0 Å². The molecule has 4 heteroatoms. The van der Waals surface area contributed by atoms with Gasteiger partial charge in [-0.2, -0.15) is 11.8 Å². The Morgan fingerprint density at radius 2 is 2.17 bits per heavy atom. The highest BCUT2D eigenvalue weighted by Gasteiger charge is 2.31. The predicted octanol–water partition coefficient (Wildman–Crippen LogP) is 4.89. The standard InChI is InChI=1S/C20H27NO2S/c1-16-18-8-3-4-9-19(18)20(2,10-6-11-21-16)23-13-14-24-15-17-7-5-12-22-17/h3-5,7-9,12,16,21H,6,10-11,13-15H2,1-2H3. The average molecular weight is 346 g/mol. The van der Waals surface area contributed by atoms with Crippen LogP contribution in [0.15, 0.2) is 47.1 Å². The monoisotopic (exact) mass is 345 g/mol. The predicted molar refractivity (Wildman–Crippen MR) is 100 cm³/mol. The van der Waals surface area contributed by atoms with Gasteiger partial charge in [-0.15, -0.1) is 0 Å². The highest BCUT2D eigenvalue weighted by atomic mass is 32.2. The normalized spacial score (nSPS) is 24.2. The fourth-order valence-electron chi connectivity index (χ4n) is 3.39. The van der Waals surface area contributed by atoms with Crippen molar-refractivity contribution < 1.29 is 9.15 Å². The Morgan fingerprint density at radius 3 is 3.00 bits per heavy atom. The van der Waals surface area contributed by atoms with Gasteiger partial charge in [0.25, 0.3) is 0 Å². The van der Waals surface area contributed by atoms with Gasteiger partial charge in [-0.3, -0.25) is 0 Å². The van der Waals surface area contributed by atoms with Crippen molar-refractivity contribution in [3.8, 4) is 0 Å². The van der Waals surface area contributed by atoms with Gasteiger partial charge in [-0.05, 0) is 56.5 Å². The molecular formula is C20H27NO2S. The SMILES string of the molecule is CC1NCCCC(C)(OCCSCc2ccco2)c2ccccc21. The zero-order valence-electron chi connectivity index (χ0n) is 14.6. The molecule has 1 aliphatic heterocycles. The summed E-state index contributed by atoms with van der Waals surface area (Å²) < 4.78 is 11.8. The van der Waals surface area contributed by atoms with Crippen molar-refractivity contribution in [2.24, 2.45) is 0 Å². The number of nitrogens with one attached hydrogen (secondary N) is 1. The number of benzene rings is 1. The topological polar surface area (TPSA) is 34.4 Å². The summed E-state index contributed by atoms with van der Waals surface area (Å²) in [7, 11) is 0. The first-order valence-corrected chi connectivity index (χ1v) is 9.91. The van der Waals surface area contributed by atoms with Crippen LogP contribution in [0, 0.1) is 0 Å². The van der Waals surface area contributed by atoms with Crippen LogP contribution in [0.2, 0.25) is 0 Å². The van der Waals surface area contributed by atoms with Crippen molar-refractivity contribution in [3.05, 3.63) is 59.5 Å². The van der Waals surface area contributed by atoms with Crippen LogP contribution >= 0.6 is 11.8 Å². The highest BCUT2D eigenvalue weighted by Crippen LogP contribution is 2.36. The molecule has 1 N–H and O–H groups in total. The molecule has 0 radical (unpaired) electrons. The first-order valence-electron chi connectivity index (χ1n) is 8.76. The molecule has 2 aromatic rings. The molecule has 2 atom stereocenters. The third-order valence-electron chi connectivity index (χ3n) is 4.75. The van der Waals surface area contributed by atoms with Crippen molar-refractivity contribution >= 4 is 11.8 Å². The van der Waals surface area contributed by atoms with Crippen LogP contribution in [-0.2, 0) is 16.1 Å². The van der Waals surface area contributed by atoms with Gasteiger partial charge < -0.3 is 14.5 Å². The molecule has 0 bridgehead atoms. The van der Waals surface area contributed by atoms with E-state index >= 15 is 0 Å². The van der Waals surface area contributed by atoms with Crippen LogP contribution in [0.1, 0.15) is 49.6 Å². The Balaban J connectivity index is 1.61. The second kappa shape index (κ2) is 8.24. The molecule has 0 saturated heterocycles.